The molecule has 158 valence electrons. The maximum atomic E-state index is 11.2. The van der Waals surface area contributed by atoms with Crippen LogP contribution in [0.4, 0.5) is 0 Å². The number of methoxy groups -OCH3 is 1. The van der Waals surface area contributed by atoms with Crippen LogP contribution in [-0.2, 0) is 20.7 Å². The van der Waals surface area contributed by atoms with Crippen molar-refractivity contribution in [3.05, 3.63) is 64.7 Å². The van der Waals surface area contributed by atoms with E-state index >= 15 is 0 Å². The Kier molecular flexibility index (Phi) is 10.8. The molecule has 0 bridgehead atoms. The lowest BCUT2D eigenvalue weighted by Crippen LogP contribution is -2.36. The number of hydrogen-bond donors (Lipinski definition) is 1. The van der Waals surface area contributed by atoms with Gasteiger partial charge in [-0.3, -0.25) is 0 Å². The van der Waals surface area contributed by atoms with Crippen LogP contribution in [0.25, 0.3) is 0 Å². The minimum absolute atomic E-state index is 0.0433. The molecule has 0 aliphatic rings. The summed E-state index contributed by atoms with van der Waals surface area (Å²) in [5, 5.41) is 4.33. The molecule has 0 saturated heterocycles. The first kappa shape index (κ1) is 23.9. The summed E-state index contributed by atoms with van der Waals surface area (Å²) in [6, 6.07) is 15.9. The maximum absolute atomic E-state index is 11.2. The number of halogens is 2. The average molecular weight is 532 g/mol. The number of esters is 1. The molecule has 2 unspecified atom stereocenters. The van der Waals surface area contributed by atoms with Crippen molar-refractivity contribution in [1.82, 2.24) is 5.32 Å². The average Bonchev–Trinajstić information content (AvgIpc) is 2.74. The third-order valence-electron chi connectivity index (χ3n) is 4.36. The lowest BCUT2D eigenvalue weighted by molar-refractivity contribution is -0.142. The normalized spacial score (nSPS) is 13.0. The predicted octanol–water partition coefficient (Wildman–Crippen LogP) is 4.61. The summed E-state index contributed by atoms with van der Waals surface area (Å²) in [4.78, 5) is 11.2. The van der Waals surface area contributed by atoms with Crippen LogP contribution in [0.3, 0.4) is 0 Å². The van der Waals surface area contributed by atoms with Crippen molar-refractivity contribution in [2.24, 2.45) is 0 Å². The van der Waals surface area contributed by atoms with Crippen molar-refractivity contribution in [2.45, 2.75) is 25.5 Å². The summed E-state index contributed by atoms with van der Waals surface area (Å²) in [5.41, 5.74) is 2.27. The van der Waals surface area contributed by atoms with Gasteiger partial charge in [0, 0.05) is 28.6 Å². The van der Waals surface area contributed by atoms with Gasteiger partial charge in [-0.25, -0.2) is 4.79 Å². The van der Waals surface area contributed by atoms with Gasteiger partial charge in [0.2, 0.25) is 0 Å². The van der Waals surface area contributed by atoms with Crippen molar-refractivity contribution in [1.29, 1.82) is 0 Å². The number of hydrogen-bond acceptors (Lipinski definition) is 5. The first-order valence-corrected chi connectivity index (χ1v) is 11.4. The van der Waals surface area contributed by atoms with Gasteiger partial charge in [-0.05, 0) is 48.7 Å². The number of benzene rings is 2. The van der Waals surface area contributed by atoms with Gasteiger partial charge in [-0.15, -0.1) is 0 Å². The Morgan fingerprint density at radius 1 is 1.21 bits per heavy atom. The molecule has 0 saturated carbocycles. The van der Waals surface area contributed by atoms with E-state index in [0.717, 1.165) is 16.4 Å². The van der Waals surface area contributed by atoms with Gasteiger partial charge in [0.1, 0.15) is 5.75 Å². The monoisotopic (exact) mass is 531 g/mol. The van der Waals surface area contributed by atoms with Crippen LogP contribution in [0.1, 0.15) is 24.2 Å². The zero-order valence-corrected chi connectivity index (χ0v) is 19.6. The van der Waals surface area contributed by atoms with Crippen molar-refractivity contribution in [3.63, 3.8) is 0 Å². The van der Waals surface area contributed by atoms with Gasteiger partial charge in [-0.2, -0.15) is 0 Å². The van der Waals surface area contributed by atoms with E-state index in [1.54, 1.807) is 0 Å². The minimum Gasteiger partial charge on any atom is -0.482 e. The summed E-state index contributed by atoms with van der Waals surface area (Å²) < 4.78 is 16.9. The van der Waals surface area contributed by atoms with E-state index in [0.29, 0.717) is 30.0 Å². The highest BCUT2D eigenvalue weighted by Gasteiger charge is 2.15. The molecular formula is C22H27ClINO4. The molecule has 2 rings (SSSR count). The highest BCUT2D eigenvalue weighted by Crippen LogP contribution is 2.21. The number of nitrogens with one attached hydrogen (secondary N) is 1. The Hall–Kier alpha value is -1.35. The molecule has 2 atom stereocenters. The van der Waals surface area contributed by atoms with E-state index in [2.05, 4.69) is 32.6 Å². The largest absolute Gasteiger partial charge is 0.482 e. The molecule has 0 aliphatic heterocycles. The summed E-state index contributed by atoms with van der Waals surface area (Å²) in [6.07, 6.45) is 0.840. The van der Waals surface area contributed by atoms with Crippen LogP contribution in [0, 0.1) is 0 Å². The number of carbonyl (C=O) groups is 1. The molecule has 2 aromatic carbocycles. The second-order valence-corrected chi connectivity index (χ2v) is 7.79. The molecule has 0 amide bonds. The van der Waals surface area contributed by atoms with Gasteiger partial charge in [-0.1, -0.05) is 58.5 Å². The fourth-order valence-electron chi connectivity index (χ4n) is 2.84. The second-order valence-electron chi connectivity index (χ2n) is 6.47. The Bertz CT molecular complexity index is 757. The number of ether oxygens (including phenoxy) is 3. The Morgan fingerprint density at radius 2 is 1.97 bits per heavy atom. The van der Waals surface area contributed by atoms with E-state index in [4.69, 9.17) is 21.1 Å². The summed E-state index contributed by atoms with van der Waals surface area (Å²) >= 11 is 8.53. The zero-order valence-electron chi connectivity index (χ0n) is 16.7. The molecular weight excluding hydrogens is 505 g/mol. The molecule has 7 heteroatoms. The fourth-order valence-corrected chi connectivity index (χ4v) is 3.67. The summed E-state index contributed by atoms with van der Waals surface area (Å²) in [7, 11) is 1.34. The molecule has 29 heavy (non-hydrogen) atoms. The van der Waals surface area contributed by atoms with E-state index in [-0.39, 0.29) is 12.7 Å². The van der Waals surface area contributed by atoms with Gasteiger partial charge >= 0.3 is 5.97 Å². The van der Waals surface area contributed by atoms with Crippen LogP contribution in [0.15, 0.2) is 48.5 Å². The number of rotatable bonds is 12. The Balaban J connectivity index is 1.91. The number of carbonyl (C=O) groups excluding carboxylic acids is 1. The molecule has 0 aromatic heterocycles. The van der Waals surface area contributed by atoms with Crippen molar-refractivity contribution >= 4 is 40.2 Å². The van der Waals surface area contributed by atoms with E-state index in [1.807, 2.05) is 55.5 Å². The molecule has 0 spiro atoms. The molecule has 0 fully saturated rings. The van der Waals surface area contributed by atoms with E-state index in [1.165, 1.54) is 12.7 Å². The quantitative estimate of drug-likeness (QED) is 0.246. The predicted molar refractivity (Wildman–Crippen MR) is 124 cm³/mol. The van der Waals surface area contributed by atoms with Crippen LogP contribution in [0.2, 0.25) is 5.02 Å². The highest BCUT2D eigenvalue weighted by atomic mass is 127. The molecule has 2 aromatic rings. The lowest BCUT2D eigenvalue weighted by atomic mass is 10.1. The van der Waals surface area contributed by atoms with E-state index < -0.39 is 5.97 Å². The summed E-state index contributed by atoms with van der Waals surface area (Å²) in [6.45, 7) is 3.26. The van der Waals surface area contributed by atoms with Crippen LogP contribution in [0.5, 0.6) is 5.75 Å². The topological polar surface area (TPSA) is 56.8 Å². The molecule has 5 nitrogen and oxygen atoms in total. The van der Waals surface area contributed by atoms with Gasteiger partial charge in [0.15, 0.2) is 6.61 Å². The SMILES string of the molecule is CCOC(CNC(CI)Cc1ccc(OCC(=O)OC)cc1)c1cccc(Cl)c1. The van der Waals surface area contributed by atoms with Gasteiger partial charge in [0.25, 0.3) is 0 Å². The first-order valence-electron chi connectivity index (χ1n) is 9.50. The lowest BCUT2D eigenvalue weighted by Gasteiger charge is -2.23. The van der Waals surface area contributed by atoms with Crippen LogP contribution < -0.4 is 10.1 Å². The van der Waals surface area contributed by atoms with Crippen molar-refractivity contribution < 1.29 is 19.0 Å². The molecule has 0 radical (unpaired) electrons. The third kappa shape index (κ3) is 8.50. The smallest absolute Gasteiger partial charge is 0.343 e. The van der Waals surface area contributed by atoms with Gasteiger partial charge in [0.05, 0.1) is 13.2 Å². The van der Waals surface area contributed by atoms with Crippen LogP contribution >= 0.6 is 34.2 Å². The van der Waals surface area contributed by atoms with Gasteiger partial charge < -0.3 is 19.5 Å². The number of alkyl halides is 1. The Labute approximate surface area is 191 Å². The molecule has 0 heterocycles. The van der Waals surface area contributed by atoms with Crippen molar-refractivity contribution in [3.8, 4) is 5.75 Å². The fraction of sp³-hybridized carbons (Fsp3) is 0.409. The summed E-state index contributed by atoms with van der Waals surface area (Å²) in [5.74, 6) is 0.252. The Morgan fingerprint density at radius 3 is 2.59 bits per heavy atom. The highest BCUT2D eigenvalue weighted by molar-refractivity contribution is 14.1. The van der Waals surface area contributed by atoms with E-state index in [9.17, 15) is 4.79 Å². The van der Waals surface area contributed by atoms with Crippen molar-refractivity contribution in [2.75, 3.05) is 31.3 Å². The maximum Gasteiger partial charge on any atom is 0.343 e. The van der Waals surface area contributed by atoms with Crippen LogP contribution in [-0.4, -0.2) is 43.3 Å². The minimum atomic E-state index is -0.396. The standard InChI is InChI=1S/C22H27ClINO4/c1-3-28-21(17-5-4-6-18(23)12-17)14-25-19(13-24)11-16-7-9-20(10-8-16)29-15-22(26)27-2/h4-10,12,19,21,25H,3,11,13-15H2,1-2H3. The molecule has 0 aliphatic carbocycles. The molecule has 1 N–H and O–H groups in total. The first-order chi connectivity index (χ1) is 14.0. The zero-order chi connectivity index (χ0) is 21.1. The third-order valence-corrected chi connectivity index (χ3v) is 5.65. The second kappa shape index (κ2) is 13.1.